The lowest BCUT2D eigenvalue weighted by Gasteiger charge is -2.14. The summed E-state index contributed by atoms with van der Waals surface area (Å²) < 4.78 is 24.1. The van der Waals surface area contributed by atoms with Gasteiger partial charge in [0.05, 0.1) is 12.2 Å². The second kappa shape index (κ2) is 8.62. The number of benzene rings is 2. The van der Waals surface area contributed by atoms with Crippen molar-refractivity contribution in [2.75, 3.05) is 11.9 Å². The Balaban J connectivity index is 1.97. The molecule has 0 spiro atoms. The summed E-state index contributed by atoms with van der Waals surface area (Å²) in [6, 6.07) is 10.5. The van der Waals surface area contributed by atoms with E-state index in [1.54, 1.807) is 24.3 Å². The molecule has 0 aliphatic rings. The molecule has 1 unspecified atom stereocenters. The van der Waals surface area contributed by atoms with Crippen LogP contribution in [0.1, 0.15) is 24.2 Å². The Labute approximate surface area is 153 Å². The molecule has 1 atom stereocenters. The van der Waals surface area contributed by atoms with E-state index >= 15 is 0 Å². The Morgan fingerprint density at radius 1 is 1.20 bits per heavy atom. The fraction of sp³-hybridized carbons (Fsp3) is 0.222. The van der Waals surface area contributed by atoms with Crippen LogP contribution in [0.25, 0.3) is 0 Å². The van der Waals surface area contributed by atoms with E-state index in [4.69, 9.17) is 9.47 Å². The van der Waals surface area contributed by atoms with Gasteiger partial charge >= 0.3 is 5.97 Å². The molecule has 5 nitrogen and oxygen atoms in total. The number of nitrogens with one attached hydrogen (secondary N) is 1. The van der Waals surface area contributed by atoms with Crippen LogP contribution in [0.5, 0.6) is 5.75 Å². The van der Waals surface area contributed by atoms with E-state index < -0.39 is 23.8 Å². The average molecular weight is 410 g/mol. The first-order valence-electron chi connectivity index (χ1n) is 7.60. The maximum absolute atomic E-state index is 13.3. The third-order valence-corrected chi connectivity index (χ3v) is 3.93. The van der Waals surface area contributed by atoms with Crippen LogP contribution in [0.15, 0.2) is 46.9 Å². The van der Waals surface area contributed by atoms with Crippen molar-refractivity contribution in [3.05, 3.63) is 58.3 Å². The van der Waals surface area contributed by atoms with Gasteiger partial charge in [-0.05, 0) is 72.2 Å². The number of hydrogen-bond donors (Lipinski definition) is 1. The van der Waals surface area contributed by atoms with E-state index in [9.17, 15) is 14.0 Å². The highest BCUT2D eigenvalue weighted by Crippen LogP contribution is 2.20. The highest BCUT2D eigenvalue weighted by atomic mass is 79.9. The number of carbonyl (C=O) groups excluding carboxylic acids is 2. The zero-order valence-electron chi connectivity index (χ0n) is 13.7. The molecular weight excluding hydrogens is 393 g/mol. The number of amides is 1. The molecular formula is C18H17BrFNO4. The fourth-order valence-electron chi connectivity index (χ4n) is 1.98. The molecule has 0 heterocycles. The van der Waals surface area contributed by atoms with E-state index in [2.05, 4.69) is 21.2 Å². The number of esters is 1. The first kappa shape index (κ1) is 18.9. The van der Waals surface area contributed by atoms with E-state index in [1.807, 2.05) is 6.92 Å². The molecule has 2 rings (SSSR count). The molecule has 0 fully saturated rings. The summed E-state index contributed by atoms with van der Waals surface area (Å²) in [6.45, 7) is 3.87. The Morgan fingerprint density at radius 3 is 2.52 bits per heavy atom. The molecule has 2 aromatic rings. The van der Waals surface area contributed by atoms with Crippen molar-refractivity contribution in [2.45, 2.75) is 20.0 Å². The SMILES string of the molecule is CCOc1ccc(NC(=O)C(C)OC(=O)c2cc(F)ccc2Br)cc1. The second-order valence-electron chi connectivity index (χ2n) is 5.12. The number of anilines is 1. The number of rotatable bonds is 6. The molecule has 0 bridgehead atoms. The van der Waals surface area contributed by atoms with Gasteiger partial charge in [0.25, 0.3) is 5.91 Å². The van der Waals surface area contributed by atoms with E-state index in [1.165, 1.54) is 19.1 Å². The fourth-order valence-corrected chi connectivity index (χ4v) is 2.39. The van der Waals surface area contributed by atoms with Crippen LogP contribution >= 0.6 is 15.9 Å². The Morgan fingerprint density at radius 2 is 1.88 bits per heavy atom. The lowest BCUT2D eigenvalue weighted by Crippen LogP contribution is -2.30. The molecule has 0 saturated heterocycles. The van der Waals surface area contributed by atoms with E-state index in [0.29, 0.717) is 22.5 Å². The van der Waals surface area contributed by atoms with Crippen LogP contribution in [-0.4, -0.2) is 24.6 Å². The minimum absolute atomic E-state index is 0.0146. The van der Waals surface area contributed by atoms with Crippen LogP contribution in [0.2, 0.25) is 0 Å². The van der Waals surface area contributed by atoms with Gasteiger partial charge in [-0.25, -0.2) is 9.18 Å². The van der Waals surface area contributed by atoms with Gasteiger partial charge in [-0.3, -0.25) is 4.79 Å². The maximum Gasteiger partial charge on any atom is 0.340 e. The average Bonchev–Trinajstić information content (AvgIpc) is 2.58. The Hall–Kier alpha value is -2.41. The largest absolute Gasteiger partial charge is 0.494 e. The highest BCUT2D eigenvalue weighted by molar-refractivity contribution is 9.10. The molecule has 1 N–H and O–H groups in total. The number of ether oxygens (including phenoxy) is 2. The van der Waals surface area contributed by atoms with Gasteiger partial charge in [0.15, 0.2) is 6.10 Å². The van der Waals surface area contributed by atoms with E-state index in [-0.39, 0.29) is 5.56 Å². The summed E-state index contributed by atoms with van der Waals surface area (Å²) in [6.07, 6.45) is -1.05. The summed E-state index contributed by atoms with van der Waals surface area (Å²) in [5.41, 5.74) is 0.559. The molecule has 0 aromatic heterocycles. The monoisotopic (exact) mass is 409 g/mol. The molecule has 0 saturated carbocycles. The van der Waals surface area contributed by atoms with Crippen molar-refractivity contribution in [3.63, 3.8) is 0 Å². The van der Waals surface area contributed by atoms with Crippen LogP contribution < -0.4 is 10.1 Å². The van der Waals surface area contributed by atoms with Crippen LogP contribution in [0.3, 0.4) is 0 Å². The molecule has 0 aliphatic carbocycles. The molecule has 132 valence electrons. The third kappa shape index (κ3) is 5.29. The first-order chi connectivity index (χ1) is 11.9. The molecule has 0 radical (unpaired) electrons. The van der Waals surface area contributed by atoms with Crippen LogP contribution in [-0.2, 0) is 9.53 Å². The van der Waals surface area contributed by atoms with E-state index in [0.717, 1.165) is 6.07 Å². The van der Waals surface area contributed by atoms with Crippen molar-refractivity contribution in [2.24, 2.45) is 0 Å². The summed E-state index contributed by atoms with van der Waals surface area (Å²) in [4.78, 5) is 24.2. The minimum atomic E-state index is -1.05. The summed E-state index contributed by atoms with van der Waals surface area (Å²) >= 11 is 3.15. The third-order valence-electron chi connectivity index (χ3n) is 3.23. The number of hydrogen-bond acceptors (Lipinski definition) is 4. The van der Waals surface area contributed by atoms with Crippen molar-refractivity contribution in [1.82, 2.24) is 0 Å². The van der Waals surface area contributed by atoms with Crippen molar-refractivity contribution in [3.8, 4) is 5.75 Å². The van der Waals surface area contributed by atoms with Gasteiger partial charge in [0.2, 0.25) is 0 Å². The lowest BCUT2D eigenvalue weighted by atomic mass is 10.2. The maximum atomic E-state index is 13.3. The summed E-state index contributed by atoms with van der Waals surface area (Å²) in [7, 11) is 0. The molecule has 7 heteroatoms. The zero-order chi connectivity index (χ0) is 18.4. The Kier molecular flexibility index (Phi) is 6.52. The summed E-state index contributed by atoms with van der Waals surface area (Å²) in [5, 5.41) is 2.64. The normalized spacial score (nSPS) is 11.5. The molecule has 0 aliphatic heterocycles. The standard InChI is InChI=1S/C18H17BrFNO4/c1-3-24-14-7-5-13(6-8-14)21-17(22)11(2)25-18(23)15-10-12(20)4-9-16(15)19/h4-11H,3H2,1-2H3,(H,21,22). The minimum Gasteiger partial charge on any atom is -0.494 e. The molecule has 25 heavy (non-hydrogen) atoms. The highest BCUT2D eigenvalue weighted by Gasteiger charge is 2.21. The predicted octanol–water partition coefficient (Wildman–Crippen LogP) is 4.17. The number of halogens is 2. The van der Waals surface area contributed by atoms with Gasteiger partial charge in [-0.15, -0.1) is 0 Å². The quantitative estimate of drug-likeness (QED) is 0.727. The molecule has 2 aromatic carbocycles. The number of carbonyl (C=O) groups is 2. The first-order valence-corrected chi connectivity index (χ1v) is 8.39. The van der Waals surface area contributed by atoms with Crippen LogP contribution in [0, 0.1) is 5.82 Å². The van der Waals surface area contributed by atoms with Gasteiger partial charge in [0, 0.05) is 10.2 Å². The lowest BCUT2D eigenvalue weighted by molar-refractivity contribution is -0.123. The second-order valence-corrected chi connectivity index (χ2v) is 5.97. The van der Waals surface area contributed by atoms with Crippen molar-refractivity contribution >= 4 is 33.5 Å². The van der Waals surface area contributed by atoms with Gasteiger partial charge < -0.3 is 14.8 Å². The Bertz CT molecular complexity index is 764. The van der Waals surface area contributed by atoms with Crippen molar-refractivity contribution < 1.29 is 23.5 Å². The molecule has 1 amide bonds. The summed E-state index contributed by atoms with van der Waals surface area (Å²) in [5.74, 6) is -1.16. The van der Waals surface area contributed by atoms with Crippen LogP contribution in [0.4, 0.5) is 10.1 Å². The topological polar surface area (TPSA) is 64.6 Å². The predicted molar refractivity (Wildman–Crippen MR) is 95.2 cm³/mol. The zero-order valence-corrected chi connectivity index (χ0v) is 15.3. The van der Waals surface area contributed by atoms with Gasteiger partial charge in [-0.2, -0.15) is 0 Å². The van der Waals surface area contributed by atoms with Gasteiger partial charge in [0.1, 0.15) is 11.6 Å². The van der Waals surface area contributed by atoms with Crippen molar-refractivity contribution in [1.29, 1.82) is 0 Å². The van der Waals surface area contributed by atoms with Gasteiger partial charge in [-0.1, -0.05) is 0 Å². The smallest absolute Gasteiger partial charge is 0.340 e.